The first-order valence-electron chi connectivity index (χ1n) is 6.75. The van der Waals surface area contributed by atoms with Crippen molar-refractivity contribution in [3.8, 4) is 0 Å². The molecule has 2 atom stereocenters. The lowest BCUT2D eigenvalue weighted by molar-refractivity contribution is -0.141. The van der Waals surface area contributed by atoms with Gasteiger partial charge in [-0.2, -0.15) is 0 Å². The zero-order valence-corrected chi connectivity index (χ0v) is 13.3. The molecule has 21 heavy (non-hydrogen) atoms. The molecule has 1 aliphatic carbocycles. The molecule has 1 fully saturated rings. The highest BCUT2D eigenvalue weighted by Crippen LogP contribution is 2.33. The maximum Gasteiger partial charge on any atom is 0.307 e. The highest BCUT2D eigenvalue weighted by molar-refractivity contribution is 7.89. The number of carboxylic acid groups (broad SMARTS) is 1. The average molecular weight is 332 g/mol. The summed E-state index contributed by atoms with van der Waals surface area (Å²) in [7, 11) is -2.19. The molecule has 5 nitrogen and oxygen atoms in total. The van der Waals surface area contributed by atoms with Gasteiger partial charge < -0.3 is 5.11 Å². The van der Waals surface area contributed by atoms with E-state index < -0.39 is 27.2 Å². The molecule has 0 aliphatic heterocycles. The summed E-state index contributed by atoms with van der Waals surface area (Å²) < 4.78 is 26.4. The first kappa shape index (κ1) is 16.3. The number of aliphatic carboxylic acids is 1. The highest BCUT2D eigenvalue weighted by Gasteiger charge is 2.43. The van der Waals surface area contributed by atoms with Gasteiger partial charge in [0.2, 0.25) is 10.0 Å². The molecule has 0 heterocycles. The number of rotatable bonds is 5. The summed E-state index contributed by atoms with van der Waals surface area (Å²) in [4.78, 5) is 11.2. The van der Waals surface area contributed by atoms with E-state index in [-0.39, 0.29) is 6.54 Å². The Balaban J connectivity index is 2.19. The van der Waals surface area contributed by atoms with Gasteiger partial charge in [-0.3, -0.25) is 4.79 Å². The van der Waals surface area contributed by atoms with Gasteiger partial charge in [-0.25, -0.2) is 12.7 Å². The summed E-state index contributed by atoms with van der Waals surface area (Å²) in [5, 5.41) is 8.81. The van der Waals surface area contributed by atoms with Crippen LogP contribution in [0.4, 0.5) is 0 Å². The van der Waals surface area contributed by atoms with Crippen LogP contribution in [0, 0.1) is 5.92 Å². The van der Waals surface area contributed by atoms with Crippen LogP contribution >= 0.6 is 11.6 Å². The fraction of sp³-hybridized carbons (Fsp3) is 0.500. The molecular formula is C14H18ClNO4S. The molecule has 7 heteroatoms. The van der Waals surface area contributed by atoms with E-state index in [4.69, 9.17) is 16.7 Å². The van der Waals surface area contributed by atoms with Crippen molar-refractivity contribution in [2.45, 2.75) is 31.1 Å². The number of hydrogen-bond donors (Lipinski definition) is 1. The molecule has 1 N–H and O–H groups in total. The minimum absolute atomic E-state index is 0.144. The number of sulfonamides is 1. The molecule has 0 radical (unpaired) electrons. The Morgan fingerprint density at radius 3 is 2.67 bits per heavy atom. The zero-order valence-electron chi connectivity index (χ0n) is 11.7. The van der Waals surface area contributed by atoms with E-state index in [2.05, 4.69) is 0 Å². The molecule has 1 saturated carbocycles. The molecular weight excluding hydrogens is 314 g/mol. The van der Waals surface area contributed by atoms with Crippen molar-refractivity contribution in [3.63, 3.8) is 0 Å². The summed E-state index contributed by atoms with van der Waals surface area (Å²) in [6.45, 7) is 0.144. The van der Waals surface area contributed by atoms with Gasteiger partial charge in [-0.15, -0.1) is 0 Å². The standard InChI is InChI=1S/C14H18ClNO4S/c1-16(9-10-5-2-3-7-12(10)15)21(19,20)13-8-4-6-11(13)14(17)18/h2-3,5,7,11,13H,4,6,8-9H2,1H3,(H,17,18). The van der Waals surface area contributed by atoms with Gasteiger partial charge in [0.15, 0.2) is 0 Å². The van der Waals surface area contributed by atoms with Crippen LogP contribution in [-0.2, 0) is 21.4 Å². The Kier molecular flexibility index (Phi) is 4.91. The van der Waals surface area contributed by atoms with Crippen molar-refractivity contribution in [1.29, 1.82) is 0 Å². The second kappa shape index (κ2) is 6.34. The Morgan fingerprint density at radius 2 is 2.05 bits per heavy atom. The van der Waals surface area contributed by atoms with Gasteiger partial charge in [-0.05, 0) is 24.5 Å². The predicted octanol–water partition coefficient (Wildman–Crippen LogP) is 2.35. The number of carboxylic acids is 1. The lowest BCUT2D eigenvalue weighted by Crippen LogP contribution is -2.40. The van der Waals surface area contributed by atoms with E-state index in [1.807, 2.05) is 0 Å². The van der Waals surface area contributed by atoms with E-state index in [0.29, 0.717) is 29.8 Å². The van der Waals surface area contributed by atoms with Crippen LogP contribution in [0.25, 0.3) is 0 Å². The Bertz CT molecular complexity index is 632. The third kappa shape index (κ3) is 3.39. The Labute approximate surface area is 129 Å². The van der Waals surface area contributed by atoms with Crippen LogP contribution in [0.3, 0.4) is 0 Å². The minimum atomic E-state index is -3.65. The Hall–Kier alpha value is -1.11. The molecule has 0 spiro atoms. The summed E-state index contributed by atoms with van der Waals surface area (Å²) >= 11 is 6.04. The van der Waals surface area contributed by atoms with Crippen LogP contribution in [0.15, 0.2) is 24.3 Å². The van der Waals surface area contributed by atoms with Crippen LogP contribution < -0.4 is 0 Å². The average Bonchev–Trinajstić information content (AvgIpc) is 2.91. The van der Waals surface area contributed by atoms with Gasteiger partial charge in [0, 0.05) is 18.6 Å². The quantitative estimate of drug-likeness (QED) is 0.898. The van der Waals surface area contributed by atoms with Gasteiger partial charge >= 0.3 is 5.97 Å². The first-order chi connectivity index (χ1) is 9.84. The third-order valence-electron chi connectivity index (χ3n) is 3.94. The van der Waals surface area contributed by atoms with E-state index in [9.17, 15) is 13.2 Å². The lowest BCUT2D eigenvalue weighted by atomic mass is 10.1. The SMILES string of the molecule is CN(Cc1ccccc1Cl)S(=O)(=O)C1CCCC1C(=O)O. The van der Waals surface area contributed by atoms with Crippen LogP contribution in [-0.4, -0.2) is 36.1 Å². The molecule has 0 saturated heterocycles. The van der Waals surface area contributed by atoms with Crippen LogP contribution in [0.1, 0.15) is 24.8 Å². The number of hydrogen-bond acceptors (Lipinski definition) is 3. The number of benzene rings is 1. The molecule has 1 aromatic rings. The maximum atomic E-state index is 12.6. The molecule has 0 bridgehead atoms. The van der Waals surface area contributed by atoms with Crippen molar-refractivity contribution >= 4 is 27.6 Å². The second-order valence-electron chi connectivity index (χ2n) is 5.31. The first-order valence-corrected chi connectivity index (χ1v) is 8.63. The normalized spacial score (nSPS) is 22.6. The lowest BCUT2D eigenvalue weighted by Gasteiger charge is -2.24. The van der Waals surface area contributed by atoms with Crippen LogP contribution in [0.2, 0.25) is 5.02 Å². The molecule has 2 unspecified atom stereocenters. The van der Waals surface area contributed by atoms with Gasteiger partial charge in [0.05, 0.1) is 11.2 Å². The van der Waals surface area contributed by atoms with Gasteiger partial charge in [0.1, 0.15) is 0 Å². The summed E-state index contributed by atoms with van der Waals surface area (Å²) in [5.74, 6) is -1.85. The number of halogens is 1. The molecule has 116 valence electrons. The molecule has 0 amide bonds. The summed E-state index contributed by atoms with van der Waals surface area (Å²) in [6, 6.07) is 7.03. The third-order valence-corrected chi connectivity index (χ3v) is 6.63. The summed E-state index contributed by atoms with van der Waals surface area (Å²) in [5.41, 5.74) is 0.704. The van der Waals surface area contributed by atoms with E-state index in [1.165, 1.54) is 11.4 Å². The predicted molar refractivity (Wildman–Crippen MR) is 80.6 cm³/mol. The molecule has 1 aliphatic rings. The molecule has 0 aromatic heterocycles. The van der Waals surface area contributed by atoms with Crippen molar-refractivity contribution in [2.24, 2.45) is 5.92 Å². The fourth-order valence-corrected chi connectivity index (χ4v) is 4.86. The molecule has 1 aromatic carbocycles. The van der Waals surface area contributed by atoms with Gasteiger partial charge in [0.25, 0.3) is 0 Å². The second-order valence-corrected chi connectivity index (χ2v) is 7.97. The Morgan fingerprint density at radius 1 is 1.38 bits per heavy atom. The summed E-state index contributed by atoms with van der Waals surface area (Å²) in [6.07, 6.45) is 1.44. The van der Waals surface area contributed by atoms with E-state index >= 15 is 0 Å². The molecule has 2 rings (SSSR count). The van der Waals surface area contributed by atoms with Crippen molar-refractivity contribution < 1.29 is 18.3 Å². The van der Waals surface area contributed by atoms with Crippen LogP contribution in [0.5, 0.6) is 0 Å². The van der Waals surface area contributed by atoms with Crippen molar-refractivity contribution in [1.82, 2.24) is 4.31 Å². The number of nitrogens with zero attached hydrogens (tertiary/aromatic N) is 1. The highest BCUT2D eigenvalue weighted by atomic mass is 35.5. The minimum Gasteiger partial charge on any atom is -0.481 e. The van der Waals surface area contributed by atoms with Gasteiger partial charge in [-0.1, -0.05) is 36.2 Å². The fourth-order valence-electron chi connectivity index (χ4n) is 2.75. The maximum absolute atomic E-state index is 12.6. The number of carbonyl (C=O) groups is 1. The largest absolute Gasteiger partial charge is 0.481 e. The zero-order chi connectivity index (χ0) is 15.6. The monoisotopic (exact) mass is 331 g/mol. The van der Waals surface area contributed by atoms with Crippen molar-refractivity contribution in [2.75, 3.05) is 7.05 Å². The van der Waals surface area contributed by atoms with E-state index in [1.54, 1.807) is 24.3 Å². The van der Waals surface area contributed by atoms with Crippen molar-refractivity contribution in [3.05, 3.63) is 34.9 Å². The topological polar surface area (TPSA) is 74.7 Å². The smallest absolute Gasteiger partial charge is 0.307 e. The van der Waals surface area contributed by atoms with E-state index in [0.717, 1.165) is 0 Å².